The first-order valence-electron chi connectivity index (χ1n) is 8.75. The van der Waals surface area contributed by atoms with Gasteiger partial charge in [-0.05, 0) is 11.6 Å². The van der Waals surface area contributed by atoms with Crippen molar-refractivity contribution in [3.05, 3.63) is 70.3 Å². The SMILES string of the molecule is CC(=O)NCCNC(=O)c1ncc2ccc(=O)n(Cc3ccccc3)c2c1O. The highest BCUT2D eigenvalue weighted by Gasteiger charge is 2.18. The van der Waals surface area contributed by atoms with Crippen LogP contribution >= 0.6 is 0 Å². The van der Waals surface area contributed by atoms with Crippen molar-refractivity contribution in [3.63, 3.8) is 0 Å². The van der Waals surface area contributed by atoms with Crippen LogP contribution in [0.3, 0.4) is 0 Å². The van der Waals surface area contributed by atoms with Crippen LogP contribution in [0.4, 0.5) is 0 Å². The van der Waals surface area contributed by atoms with Crippen LogP contribution in [0.1, 0.15) is 23.0 Å². The summed E-state index contributed by atoms with van der Waals surface area (Å²) in [6.45, 7) is 2.07. The van der Waals surface area contributed by atoms with Crippen LogP contribution in [0.5, 0.6) is 5.75 Å². The molecule has 0 radical (unpaired) electrons. The van der Waals surface area contributed by atoms with Crippen molar-refractivity contribution in [2.24, 2.45) is 0 Å². The van der Waals surface area contributed by atoms with Gasteiger partial charge in [0.05, 0.1) is 12.1 Å². The van der Waals surface area contributed by atoms with Crippen LogP contribution < -0.4 is 16.2 Å². The summed E-state index contributed by atoms with van der Waals surface area (Å²) >= 11 is 0. The topological polar surface area (TPSA) is 113 Å². The Hall–Kier alpha value is -3.68. The smallest absolute Gasteiger partial charge is 0.273 e. The van der Waals surface area contributed by atoms with Gasteiger partial charge in [-0.15, -0.1) is 0 Å². The summed E-state index contributed by atoms with van der Waals surface area (Å²) in [4.78, 5) is 39.7. The van der Waals surface area contributed by atoms with Gasteiger partial charge in [0.15, 0.2) is 11.4 Å². The number of carbonyl (C=O) groups excluding carboxylic acids is 2. The summed E-state index contributed by atoms with van der Waals surface area (Å²) in [6.07, 6.45) is 1.44. The lowest BCUT2D eigenvalue weighted by Crippen LogP contribution is -2.34. The fraction of sp³-hybridized carbons (Fsp3) is 0.200. The van der Waals surface area contributed by atoms with E-state index in [9.17, 15) is 19.5 Å². The average Bonchev–Trinajstić information content (AvgIpc) is 2.68. The molecule has 0 unspecified atom stereocenters. The summed E-state index contributed by atoms with van der Waals surface area (Å²) < 4.78 is 1.41. The molecule has 3 N–H and O–H groups in total. The first kappa shape index (κ1) is 19.1. The van der Waals surface area contributed by atoms with Crippen LogP contribution in [-0.2, 0) is 11.3 Å². The Morgan fingerprint density at radius 3 is 2.50 bits per heavy atom. The van der Waals surface area contributed by atoms with E-state index in [2.05, 4.69) is 15.6 Å². The van der Waals surface area contributed by atoms with Crippen molar-refractivity contribution in [1.82, 2.24) is 20.2 Å². The second kappa shape index (κ2) is 8.34. The molecule has 8 nitrogen and oxygen atoms in total. The van der Waals surface area contributed by atoms with Gasteiger partial charge in [-0.1, -0.05) is 30.3 Å². The highest BCUT2D eigenvalue weighted by atomic mass is 16.3. The maximum absolute atomic E-state index is 12.4. The summed E-state index contributed by atoms with van der Waals surface area (Å²) in [6, 6.07) is 12.3. The Morgan fingerprint density at radius 2 is 1.79 bits per heavy atom. The standard InChI is InChI=1S/C20H20N4O4/c1-13(25)21-9-10-22-20(28)17-19(27)18-15(11-23-17)7-8-16(26)24(18)12-14-5-3-2-4-6-14/h2-8,11,27H,9-10,12H2,1H3,(H,21,25)(H,22,28). The molecular formula is C20H20N4O4. The molecule has 2 amide bonds. The van der Waals surface area contributed by atoms with E-state index in [1.54, 1.807) is 6.07 Å². The molecule has 0 spiro atoms. The molecule has 0 aliphatic rings. The van der Waals surface area contributed by atoms with Crippen LogP contribution in [0, 0.1) is 0 Å². The number of carbonyl (C=O) groups is 2. The number of hydrogen-bond acceptors (Lipinski definition) is 5. The number of aromatic nitrogens is 2. The first-order chi connectivity index (χ1) is 13.5. The molecule has 3 rings (SSSR count). The lowest BCUT2D eigenvalue weighted by Gasteiger charge is -2.13. The first-order valence-corrected chi connectivity index (χ1v) is 8.75. The molecule has 3 aromatic rings. The van der Waals surface area contributed by atoms with Crippen molar-refractivity contribution >= 4 is 22.7 Å². The highest BCUT2D eigenvalue weighted by Crippen LogP contribution is 2.26. The number of nitrogens with zero attached hydrogens (tertiary/aromatic N) is 2. The molecule has 2 aromatic heterocycles. The van der Waals surface area contributed by atoms with E-state index in [0.29, 0.717) is 5.39 Å². The molecule has 0 saturated heterocycles. The van der Waals surface area contributed by atoms with E-state index in [-0.39, 0.29) is 48.1 Å². The average molecular weight is 380 g/mol. The van der Waals surface area contributed by atoms with Gasteiger partial charge in [0.2, 0.25) is 5.91 Å². The van der Waals surface area contributed by atoms with Gasteiger partial charge in [-0.2, -0.15) is 0 Å². The van der Waals surface area contributed by atoms with Gasteiger partial charge in [0.1, 0.15) is 0 Å². The maximum atomic E-state index is 12.4. The lowest BCUT2D eigenvalue weighted by atomic mass is 10.1. The molecule has 0 aliphatic carbocycles. The van der Waals surface area contributed by atoms with E-state index >= 15 is 0 Å². The quantitative estimate of drug-likeness (QED) is 0.553. The monoisotopic (exact) mass is 380 g/mol. The second-order valence-corrected chi connectivity index (χ2v) is 6.24. The maximum Gasteiger partial charge on any atom is 0.273 e. The van der Waals surface area contributed by atoms with E-state index in [1.165, 1.54) is 23.8 Å². The minimum absolute atomic E-state index is 0.178. The van der Waals surface area contributed by atoms with Gasteiger partial charge in [-0.3, -0.25) is 14.4 Å². The van der Waals surface area contributed by atoms with E-state index in [4.69, 9.17) is 0 Å². The molecule has 1 aromatic carbocycles. The summed E-state index contributed by atoms with van der Waals surface area (Å²) in [5.41, 5.74) is 0.658. The number of aromatic hydroxyl groups is 1. The molecular weight excluding hydrogens is 360 g/mol. The summed E-state index contributed by atoms with van der Waals surface area (Å²) in [7, 11) is 0. The lowest BCUT2D eigenvalue weighted by molar-refractivity contribution is -0.118. The zero-order valence-corrected chi connectivity index (χ0v) is 15.3. The van der Waals surface area contributed by atoms with E-state index in [0.717, 1.165) is 5.56 Å². The Kier molecular flexibility index (Phi) is 5.69. The Labute approximate surface area is 160 Å². The number of amides is 2. The third-order valence-corrected chi connectivity index (χ3v) is 4.18. The van der Waals surface area contributed by atoms with Gasteiger partial charge >= 0.3 is 0 Å². The minimum atomic E-state index is -0.590. The molecule has 0 atom stereocenters. The third kappa shape index (κ3) is 4.17. The zero-order chi connectivity index (χ0) is 20.1. The number of benzene rings is 1. The summed E-state index contributed by atoms with van der Waals surface area (Å²) in [5, 5.41) is 16.4. The normalized spacial score (nSPS) is 10.6. The molecule has 8 heteroatoms. The molecule has 0 fully saturated rings. The van der Waals surface area contributed by atoms with Crippen molar-refractivity contribution in [1.29, 1.82) is 0 Å². The molecule has 144 valence electrons. The molecule has 2 heterocycles. The van der Waals surface area contributed by atoms with Gasteiger partial charge in [0.25, 0.3) is 11.5 Å². The zero-order valence-electron chi connectivity index (χ0n) is 15.3. The Balaban J connectivity index is 1.95. The fourth-order valence-electron chi connectivity index (χ4n) is 2.86. The van der Waals surface area contributed by atoms with Gasteiger partial charge in [0, 0.05) is 37.7 Å². The molecule has 0 saturated carbocycles. The van der Waals surface area contributed by atoms with E-state index < -0.39 is 5.91 Å². The predicted octanol–water partition coefficient (Wildman–Crippen LogP) is 1.02. The fourth-order valence-corrected chi connectivity index (χ4v) is 2.86. The number of rotatable bonds is 6. The molecule has 28 heavy (non-hydrogen) atoms. The third-order valence-electron chi connectivity index (χ3n) is 4.18. The summed E-state index contributed by atoms with van der Waals surface area (Å²) in [5.74, 6) is -1.15. The van der Waals surface area contributed by atoms with Crippen LogP contribution in [0.25, 0.3) is 10.9 Å². The van der Waals surface area contributed by atoms with Crippen molar-refractivity contribution in [2.75, 3.05) is 13.1 Å². The number of pyridine rings is 2. The number of nitrogens with one attached hydrogen (secondary N) is 2. The minimum Gasteiger partial charge on any atom is -0.504 e. The molecule has 0 aliphatic heterocycles. The van der Waals surface area contributed by atoms with Crippen LogP contribution in [0.2, 0.25) is 0 Å². The van der Waals surface area contributed by atoms with Gasteiger partial charge < -0.3 is 20.3 Å². The van der Waals surface area contributed by atoms with Crippen LogP contribution in [-0.4, -0.2) is 39.6 Å². The van der Waals surface area contributed by atoms with Crippen LogP contribution in [0.15, 0.2) is 53.5 Å². The number of hydrogen-bond donors (Lipinski definition) is 3. The van der Waals surface area contributed by atoms with E-state index in [1.807, 2.05) is 30.3 Å². The highest BCUT2D eigenvalue weighted by molar-refractivity contribution is 6.00. The Bertz CT molecular complexity index is 1080. The molecule has 0 bridgehead atoms. The van der Waals surface area contributed by atoms with Crippen molar-refractivity contribution < 1.29 is 14.7 Å². The Morgan fingerprint density at radius 1 is 1.07 bits per heavy atom. The van der Waals surface area contributed by atoms with Crippen molar-refractivity contribution in [2.45, 2.75) is 13.5 Å². The van der Waals surface area contributed by atoms with Crippen molar-refractivity contribution in [3.8, 4) is 5.75 Å². The second-order valence-electron chi connectivity index (χ2n) is 6.24. The predicted molar refractivity (Wildman–Crippen MR) is 104 cm³/mol. The largest absolute Gasteiger partial charge is 0.504 e. The number of fused-ring (bicyclic) bond motifs is 1. The van der Waals surface area contributed by atoms with Gasteiger partial charge in [-0.25, -0.2) is 4.98 Å².